The maximum atomic E-state index is 3.68. The summed E-state index contributed by atoms with van der Waals surface area (Å²) >= 11 is 14.4. The minimum Gasteiger partial charge on any atom is -0.151 e. The first-order chi connectivity index (χ1) is 9.72. The van der Waals surface area contributed by atoms with E-state index < -0.39 is 0 Å². The van der Waals surface area contributed by atoms with Gasteiger partial charge in [-0.1, -0.05) is 23.5 Å². The Hall–Kier alpha value is 0.280. The molecule has 3 aromatic rings. The molecular formula is C14H8Br2S4. The highest BCUT2D eigenvalue weighted by molar-refractivity contribution is 9.11. The second-order valence-electron chi connectivity index (χ2n) is 3.84. The summed E-state index contributed by atoms with van der Waals surface area (Å²) in [5, 5.41) is 8.54. The molecule has 0 aliphatic rings. The van der Waals surface area contributed by atoms with Gasteiger partial charge in [-0.25, -0.2) is 0 Å². The number of thiophene rings is 2. The van der Waals surface area contributed by atoms with Crippen molar-refractivity contribution in [3.63, 3.8) is 0 Å². The molecule has 0 atom stereocenters. The van der Waals surface area contributed by atoms with E-state index in [1.54, 1.807) is 46.2 Å². The molecular weight excluding hydrogens is 456 g/mol. The third kappa shape index (κ3) is 3.72. The molecule has 0 radical (unpaired) electrons. The predicted molar refractivity (Wildman–Crippen MR) is 98.7 cm³/mol. The molecule has 2 heterocycles. The van der Waals surface area contributed by atoms with E-state index in [0.717, 1.165) is 8.95 Å². The highest BCUT2D eigenvalue weighted by Crippen LogP contribution is 2.42. The second-order valence-corrected chi connectivity index (χ2v) is 9.33. The summed E-state index contributed by atoms with van der Waals surface area (Å²) in [6.07, 6.45) is 0. The van der Waals surface area contributed by atoms with E-state index in [0.29, 0.717) is 0 Å². The van der Waals surface area contributed by atoms with Crippen LogP contribution in [-0.4, -0.2) is 0 Å². The predicted octanol–water partition coefficient (Wildman–Crippen LogP) is 7.64. The van der Waals surface area contributed by atoms with E-state index in [1.807, 2.05) is 0 Å². The van der Waals surface area contributed by atoms with E-state index in [-0.39, 0.29) is 0 Å². The standard InChI is InChI=1S/C14H8Br2S4/c15-11-6-14(20-10-2-4-18-8-10)12(16)5-13(11)19-9-1-3-17-7-9/h1-8H. The summed E-state index contributed by atoms with van der Waals surface area (Å²) in [6, 6.07) is 8.65. The number of halogens is 2. The molecule has 102 valence electrons. The molecule has 2 aromatic heterocycles. The Morgan fingerprint density at radius 3 is 1.55 bits per heavy atom. The summed E-state index contributed by atoms with van der Waals surface area (Å²) in [5.41, 5.74) is 0. The Kier molecular flexibility index (Phi) is 5.34. The summed E-state index contributed by atoms with van der Waals surface area (Å²) < 4.78 is 2.27. The smallest absolute Gasteiger partial charge is 0.0326 e. The van der Waals surface area contributed by atoms with Crippen LogP contribution < -0.4 is 0 Å². The lowest BCUT2D eigenvalue weighted by molar-refractivity contribution is 1.27. The van der Waals surface area contributed by atoms with Gasteiger partial charge in [-0.2, -0.15) is 22.7 Å². The largest absolute Gasteiger partial charge is 0.151 e. The van der Waals surface area contributed by atoms with Gasteiger partial charge in [0.1, 0.15) is 0 Å². The Morgan fingerprint density at radius 2 is 1.20 bits per heavy atom. The average Bonchev–Trinajstić information content (AvgIpc) is 3.08. The monoisotopic (exact) mass is 462 g/mol. The van der Waals surface area contributed by atoms with Crippen molar-refractivity contribution in [2.45, 2.75) is 19.6 Å². The van der Waals surface area contributed by atoms with Gasteiger partial charge in [0.15, 0.2) is 0 Å². The molecule has 3 rings (SSSR count). The van der Waals surface area contributed by atoms with Gasteiger partial charge in [-0.15, -0.1) is 0 Å². The van der Waals surface area contributed by atoms with Gasteiger partial charge in [0.05, 0.1) is 0 Å². The van der Waals surface area contributed by atoms with Gasteiger partial charge in [-0.3, -0.25) is 0 Å². The first-order valence-corrected chi connectivity index (χ1v) is 10.7. The molecule has 6 heteroatoms. The zero-order valence-electron chi connectivity index (χ0n) is 10.0. The topological polar surface area (TPSA) is 0 Å². The fourth-order valence-electron chi connectivity index (χ4n) is 1.54. The van der Waals surface area contributed by atoms with Crippen LogP contribution in [0.1, 0.15) is 0 Å². The van der Waals surface area contributed by atoms with E-state index in [2.05, 4.69) is 77.6 Å². The molecule has 0 aliphatic carbocycles. The van der Waals surface area contributed by atoms with Crippen molar-refractivity contribution in [3.8, 4) is 0 Å². The molecule has 0 N–H and O–H groups in total. The molecule has 0 amide bonds. The number of rotatable bonds is 4. The van der Waals surface area contributed by atoms with Crippen LogP contribution in [0.5, 0.6) is 0 Å². The molecule has 0 saturated carbocycles. The van der Waals surface area contributed by atoms with Gasteiger partial charge in [0.25, 0.3) is 0 Å². The van der Waals surface area contributed by atoms with Crippen LogP contribution >= 0.6 is 78.1 Å². The minimum atomic E-state index is 1.13. The van der Waals surface area contributed by atoms with Crippen molar-refractivity contribution in [1.82, 2.24) is 0 Å². The normalized spacial score (nSPS) is 10.9. The van der Waals surface area contributed by atoms with Crippen molar-refractivity contribution in [2.24, 2.45) is 0 Å². The Morgan fingerprint density at radius 1 is 0.750 bits per heavy atom. The highest BCUT2D eigenvalue weighted by atomic mass is 79.9. The van der Waals surface area contributed by atoms with Gasteiger partial charge in [0.2, 0.25) is 0 Å². The van der Waals surface area contributed by atoms with Crippen LogP contribution in [0, 0.1) is 0 Å². The second kappa shape index (κ2) is 7.03. The third-order valence-electron chi connectivity index (χ3n) is 2.43. The van der Waals surface area contributed by atoms with Crippen molar-refractivity contribution in [2.75, 3.05) is 0 Å². The van der Waals surface area contributed by atoms with Gasteiger partial charge < -0.3 is 0 Å². The molecule has 0 fully saturated rings. The summed E-state index contributed by atoms with van der Waals surface area (Å²) in [6.45, 7) is 0. The maximum absolute atomic E-state index is 3.68. The summed E-state index contributed by atoms with van der Waals surface area (Å²) in [7, 11) is 0. The van der Waals surface area contributed by atoms with Crippen LogP contribution in [0.15, 0.2) is 74.3 Å². The lowest BCUT2D eigenvalue weighted by Crippen LogP contribution is -1.80. The zero-order valence-corrected chi connectivity index (χ0v) is 16.4. The molecule has 20 heavy (non-hydrogen) atoms. The quantitative estimate of drug-likeness (QED) is 0.389. The van der Waals surface area contributed by atoms with Crippen molar-refractivity contribution in [3.05, 3.63) is 54.7 Å². The molecule has 0 bridgehead atoms. The average molecular weight is 464 g/mol. The van der Waals surface area contributed by atoms with Crippen LogP contribution in [0.3, 0.4) is 0 Å². The molecule has 1 aromatic carbocycles. The van der Waals surface area contributed by atoms with Crippen LogP contribution in [-0.2, 0) is 0 Å². The van der Waals surface area contributed by atoms with Gasteiger partial charge in [-0.05, 0) is 66.9 Å². The third-order valence-corrected chi connectivity index (χ3v) is 8.03. The van der Waals surface area contributed by atoms with E-state index >= 15 is 0 Å². The van der Waals surface area contributed by atoms with Gasteiger partial charge in [0, 0.05) is 39.3 Å². The first-order valence-electron chi connectivity index (χ1n) is 5.61. The highest BCUT2D eigenvalue weighted by Gasteiger charge is 2.10. The summed E-state index contributed by atoms with van der Waals surface area (Å²) in [4.78, 5) is 5.01. The molecule has 0 unspecified atom stereocenters. The van der Waals surface area contributed by atoms with Crippen molar-refractivity contribution in [1.29, 1.82) is 0 Å². The molecule has 0 spiro atoms. The number of hydrogen-bond acceptors (Lipinski definition) is 4. The van der Waals surface area contributed by atoms with Crippen LogP contribution in [0.25, 0.3) is 0 Å². The SMILES string of the molecule is Brc1cc(Sc2ccsc2)c(Br)cc1Sc1ccsc1. The lowest BCUT2D eigenvalue weighted by Gasteiger charge is -2.08. The first kappa shape index (κ1) is 15.2. The van der Waals surface area contributed by atoms with E-state index in [9.17, 15) is 0 Å². The number of benzene rings is 1. The minimum absolute atomic E-state index is 1.13. The Balaban J connectivity index is 1.86. The van der Waals surface area contributed by atoms with Crippen LogP contribution in [0.2, 0.25) is 0 Å². The fourth-order valence-corrected chi connectivity index (χ4v) is 6.39. The van der Waals surface area contributed by atoms with E-state index in [4.69, 9.17) is 0 Å². The molecule has 0 aliphatic heterocycles. The lowest BCUT2D eigenvalue weighted by atomic mass is 10.4. The Bertz CT molecular complexity index is 628. The maximum Gasteiger partial charge on any atom is 0.0326 e. The molecule has 0 nitrogen and oxygen atoms in total. The molecule has 0 saturated heterocycles. The van der Waals surface area contributed by atoms with E-state index in [1.165, 1.54) is 19.6 Å². The zero-order chi connectivity index (χ0) is 13.9. The van der Waals surface area contributed by atoms with Gasteiger partial charge >= 0.3 is 0 Å². The Labute approximate surface area is 151 Å². The van der Waals surface area contributed by atoms with Crippen molar-refractivity contribution >= 4 is 78.1 Å². The van der Waals surface area contributed by atoms with Crippen molar-refractivity contribution < 1.29 is 0 Å². The van der Waals surface area contributed by atoms with Crippen LogP contribution in [0.4, 0.5) is 0 Å². The summed E-state index contributed by atoms with van der Waals surface area (Å²) in [5.74, 6) is 0. The fraction of sp³-hybridized carbons (Fsp3) is 0. The number of hydrogen-bond donors (Lipinski definition) is 0.